The first kappa shape index (κ1) is 22.3. The van der Waals surface area contributed by atoms with E-state index in [1.54, 1.807) is 28.4 Å². The molecule has 3 aromatic rings. The largest absolute Gasteiger partial charge is 0.349 e. The van der Waals surface area contributed by atoms with Crippen LogP contribution in [-0.4, -0.2) is 23.8 Å². The molecule has 2 heterocycles. The van der Waals surface area contributed by atoms with Gasteiger partial charge in [-0.15, -0.1) is 11.3 Å². The summed E-state index contributed by atoms with van der Waals surface area (Å²) in [7, 11) is 0. The van der Waals surface area contributed by atoms with Crippen molar-refractivity contribution in [1.82, 2.24) is 5.32 Å². The summed E-state index contributed by atoms with van der Waals surface area (Å²) in [6, 6.07) is 16.9. The van der Waals surface area contributed by atoms with E-state index in [0.29, 0.717) is 11.3 Å². The van der Waals surface area contributed by atoms with E-state index in [1.807, 2.05) is 61.7 Å². The fourth-order valence-electron chi connectivity index (χ4n) is 4.38. The van der Waals surface area contributed by atoms with Crippen LogP contribution >= 0.6 is 11.3 Å². The van der Waals surface area contributed by atoms with Gasteiger partial charge in [0, 0.05) is 34.3 Å². The van der Waals surface area contributed by atoms with Gasteiger partial charge < -0.3 is 15.5 Å². The van der Waals surface area contributed by atoms with Crippen LogP contribution in [0.25, 0.3) is 0 Å². The molecule has 1 saturated carbocycles. The average molecular weight is 474 g/mol. The fraction of sp³-hybridized carbons (Fsp3) is 0.296. The quantitative estimate of drug-likeness (QED) is 0.529. The number of carbonyl (C=O) groups is 3. The predicted octanol–water partition coefficient (Wildman–Crippen LogP) is 4.99. The lowest BCUT2D eigenvalue weighted by atomic mass is 9.97. The molecule has 174 valence electrons. The first-order valence-electron chi connectivity index (χ1n) is 11.6. The van der Waals surface area contributed by atoms with Gasteiger partial charge in [0.25, 0.3) is 5.91 Å². The molecular weight excluding hydrogens is 446 g/mol. The molecular formula is C27H27N3O3S. The number of aryl methyl sites for hydroxylation is 2. The van der Waals surface area contributed by atoms with E-state index in [1.165, 1.54) is 0 Å². The van der Waals surface area contributed by atoms with Crippen LogP contribution in [0.4, 0.5) is 11.4 Å². The van der Waals surface area contributed by atoms with E-state index >= 15 is 0 Å². The highest BCUT2D eigenvalue weighted by Crippen LogP contribution is 2.43. The maximum absolute atomic E-state index is 13.5. The second-order valence-corrected chi connectivity index (χ2v) is 10.1. The van der Waals surface area contributed by atoms with Gasteiger partial charge in [0.1, 0.15) is 0 Å². The third-order valence-corrected chi connectivity index (χ3v) is 7.42. The summed E-state index contributed by atoms with van der Waals surface area (Å²) in [5.41, 5.74) is 3.88. The minimum atomic E-state index is -0.546. The van der Waals surface area contributed by atoms with E-state index in [0.717, 1.165) is 34.5 Å². The van der Waals surface area contributed by atoms with Gasteiger partial charge in [-0.25, -0.2) is 0 Å². The Morgan fingerprint density at radius 2 is 1.79 bits per heavy atom. The van der Waals surface area contributed by atoms with Crippen molar-refractivity contribution in [2.45, 2.75) is 45.2 Å². The lowest BCUT2D eigenvalue weighted by Gasteiger charge is -2.27. The molecule has 2 unspecified atom stereocenters. The zero-order valence-electron chi connectivity index (χ0n) is 19.2. The molecule has 1 saturated heterocycles. The second kappa shape index (κ2) is 9.06. The van der Waals surface area contributed by atoms with Gasteiger partial charge in [0.05, 0.1) is 12.0 Å². The Bertz CT molecular complexity index is 1230. The molecule has 0 radical (unpaired) electrons. The molecule has 7 heteroatoms. The summed E-state index contributed by atoms with van der Waals surface area (Å²) in [5.74, 6) is -0.965. The number of nitrogens with one attached hydrogen (secondary N) is 2. The van der Waals surface area contributed by atoms with Crippen LogP contribution in [0.2, 0.25) is 0 Å². The number of amides is 3. The molecule has 0 spiro atoms. The molecule has 34 heavy (non-hydrogen) atoms. The summed E-state index contributed by atoms with van der Waals surface area (Å²) in [6.07, 6.45) is 2.15. The summed E-state index contributed by atoms with van der Waals surface area (Å²) in [4.78, 5) is 41.9. The third-order valence-electron chi connectivity index (χ3n) is 6.48. The summed E-state index contributed by atoms with van der Waals surface area (Å²) in [6.45, 7) is 3.90. The molecule has 2 atom stereocenters. The Kier molecular flexibility index (Phi) is 5.96. The molecule has 2 N–H and O–H groups in total. The Labute approximate surface area is 203 Å². The maximum Gasteiger partial charge on any atom is 0.251 e. The van der Waals surface area contributed by atoms with E-state index in [4.69, 9.17) is 0 Å². The first-order valence-corrected chi connectivity index (χ1v) is 12.4. The van der Waals surface area contributed by atoms with Gasteiger partial charge in [-0.2, -0.15) is 0 Å². The SMILES string of the molecule is Cc1ccc(N2C(=O)CC(C(=O)Nc3cc(C(=O)NC4CC4)ccc3C)C2c2cccs2)cc1. The summed E-state index contributed by atoms with van der Waals surface area (Å²) >= 11 is 1.55. The lowest BCUT2D eigenvalue weighted by molar-refractivity contribution is -0.122. The number of anilines is 2. The van der Waals surface area contributed by atoms with E-state index in [2.05, 4.69) is 10.6 Å². The number of benzene rings is 2. The zero-order valence-corrected chi connectivity index (χ0v) is 20.0. The maximum atomic E-state index is 13.5. The second-order valence-electron chi connectivity index (χ2n) is 9.14. The highest BCUT2D eigenvalue weighted by atomic mass is 32.1. The molecule has 2 aromatic carbocycles. The van der Waals surface area contributed by atoms with Crippen molar-refractivity contribution in [3.05, 3.63) is 81.5 Å². The minimum absolute atomic E-state index is 0.0725. The smallest absolute Gasteiger partial charge is 0.251 e. The molecule has 2 aliphatic rings. The van der Waals surface area contributed by atoms with Crippen LogP contribution in [0.3, 0.4) is 0 Å². The zero-order chi connectivity index (χ0) is 23.8. The molecule has 1 aliphatic heterocycles. The highest BCUT2D eigenvalue weighted by Gasteiger charge is 2.45. The van der Waals surface area contributed by atoms with Crippen molar-refractivity contribution in [3.8, 4) is 0 Å². The molecule has 1 aliphatic carbocycles. The number of hydrogen-bond donors (Lipinski definition) is 2. The molecule has 6 nitrogen and oxygen atoms in total. The van der Waals surface area contributed by atoms with Crippen molar-refractivity contribution in [3.63, 3.8) is 0 Å². The fourth-order valence-corrected chi connectivity index (χ4v) is 5.26. The number of thiophene rings is 1. The van der Waals surface area contributed by atoms with Crippen LogP contribution in [0.1, 0.15) is 51.7 Å². The van der Waals surface area contributed by atoms with Crippen molar-refractivity contribution < 1.29 is 14.4 Å². The van der Waals surface area contributed by atoms with E-state index in [-0.39, 0.29) is 36.2 Å². The average Bonchev–Trinajstić information content (AvgIpc) is 3.33. The van der Waals surface area contributed by atoms with Crippen molar-refractivity contribution >= 4 is 40.4 Å². The van der Waals surface area contributed by atoms with E-state index in [9.17, 15) is 14.4 Å². The van der Waals surface area contributed by atoms with Crippen LogP contribution in [-0.2, 0) is 9.59 Å². The van der Waals surface area contributed by atoms with Gasteiger partial charge >= 0.3 is 0 Å². The standard InChI is InChI=1S/C27H27N3O3S/c1-16-5-11-20(12-6-16)30-24(31)15-21(25(30)23-4-3-13-34-23)27(33)29-22-14-18(8-7-17(22)2)26(32)28-19-9-10-19/h3-8,11-14,19,21,25H,9-10,15H2,1-2H3,(H,28,32)(H,29,33). The van der Waals surface area contributed by atoms with Gasteiger partial charge in [-0.1, -0.05) is 29.8 Å². The van der Waals surface area contributed by atoms with E-state index < -0.39 is 5.92 Å². The molecule has 1 aromatic heterocycles. The normalized spacial score (nSPS) is 19.8. The Morgan fingerprint density at radius 1 is 1.03 bits per heavy atom. The van der Waals surface area contributed by atoms with Crippen LogP contribution in [0, 0.1) is 19.8 Å². The van der Waals surface area contributed by atoms with Gasteiger partial charge in [0.2, 0.25) is 11.8 Å². The Balaban J connectivity index is 1.42. The summed E-state index contributed by atoms with van der Waals surface area (Å²) in [5, 5.41) is 7.96. The topological polar surface area (TPSA) is 78.5 Å². The van der Waals surface area contributed by atoms with Crippen LogP contribution in [0.15, 0.2) is 60.0 Å². The number of carbonyl (C=O) groups excluding carboxylic acids is 3. The monoisotopic (exact) mass is 473 g/mol. The number of nitrogens with zero attached hydrogens (tertiary/aromatic N) is 1. The van der Waals surface area contributed by atoms with Crippen molar-refractivity contribution in [2.24, 2.45) is 5.92 Å². The summed E-state index contributed by atoms with van der Waals surface area (Å²) < 4.78 is 0. The Morgan fingerprint density at radius 3 is 2.47 bits per heavy atom. The van der Waals surface area contributed by atoms with Crippen molar-refractivity contribution in [2.75, 3.05) is 10.2 Å². The first-order chi connectivity index (χ1) is 16.4. The molecule has 2 fully saturated rings. The number of hydrogen-bond acceptors (Lipinski definition) is 4. The predicted molar refractivity (Wildman–Crippen MR) is 134 cm³/mol. The molecule has 0 bridgehead atoms. The van der Waals surface area contributed by atoms with Gasteiger partial charge in [-0.3, -0.25) is 14.4 Å². The van der Waals surface area contributed by atoms with Crippen LogP contribution < -0.4 is 15.5 Å². The van der Waals surface area contributed by atoms with Crippen molar-refractivity contribution in [1.29, 1.82) is 0 Å². The van der Waals surface area contributed by atoms with Crippen LogP contribution in [0.5, 0.6) is 0 Å². The highest BCUT2D eigenvalue weighted by molar-refractivity contribution is 7.10. The van der Waals surface area contributed by atoms with Gasteiger partial charge in [0.15, 0.2) is 0 Å². The third kappa shape index (κ3) is 4.48. The lowest BCUT2D eigenvalue weighted by Crippen LogP contribution is -2.32. The Hall–Kier alpha value is -3.45. The number of rotatable bonds is 6. The minimum Gasteiger partial charge on any atom is -0.349 e. The van der Waals surface area contributed by atoms with Gasteiger partial charge in [-0.05, 0) is 68.0 Å². The molecule has 3 amide bonds. The molecule has 5 rings (SSSR count).